The molecule has 4 rings (SSSR count). The molecule has 172 valence electrons. The molecule has 0 spiro atoms. The van der Waals surface area contributed by atoms with Crippen molar-refractivity contribution in [2.24, 2.45) is 5.73 Å². The summed E-state index contributed by atoms with van der Waals surface area (Å²) in [7, 11) is 1.56. The third-order valence-electron chi connectivity index (χ3n) is 5.42. The molecule has 3 aromatic rings. The van der Waals surface area contributed by atoms with Gasteiger partial charge in [0.15, 0.2) is 0 Å². The zero-order valence-corrected chi connectivity index (χ0v) is 18.9. The SMILES string of the molecule is CCCOc1ccccc1C1C(C#N)=C(N)Oc2cc(OC(=O)c3ccc(OC)cc3)ccc21. The second-order valence-electron chi connectivity index (χ2n) is 7.63. The number of nitriles is 1. The van der Waals surface area contributed by atoms with Crippen molar-refractivity contribution in [3.63, 3.8) is 0 Å². The van der Waals surface area contributed by atoms with E-state index in [0.717, 1.165) is 17.5 Å². The van der Waals surface area contributed by atoms with E-state index in [9.17, 15) is 10.1 Å². The summed E-state index contributed by atoms with van der Waals surface area (Å²) in [6, 6.07) is 21.4. The van der Waals surface area contributed by atoms with E-state index in [4.69, 9.17) is 24.7 Å². The number of nitrogens with zero attached hydrogens (tertiary/aromatic N) is 1. The van der Waals surface area contributed by atoms with Gasteiger partial charge in [0.05, 0.1) is 25.2 Å². The summed E-state index contributed by atoms with van der Waals surface area (Å²) in [4.78, 5) is 12.6. The minimum atomic E-state index is -0.519. The fourth-order valence-corrected chi connectivity index (χ4v) is 3.77. The first kappa shape index (κ1) is 22.7. The Hall–Kier alpha value is -4.44. The Labute approximate surface area is 197 Å². The first-order chi connectivity index (χ1) is 16.5. The number of nitrogens with two attached hydrogens (primary N) is 1. The second-order valence-corrected chi connectivity index (χ2v) is 7.63. The number of hydrogen-bond donors (Lipinski definition) is 1. The summed E-state index contributed by atoms with van der Waals surface area (Å²) in [6.45, 7) is 2.58. The summed E-state index contributed by atoms with van der Waals surface area (Å²) in [5, 5.41) is 9.84. The summed E-state index contributed by atoms with van der Waals surface area (Å²) >= 11 is 0. The van der Waals surface area contributed by atoms with Gasteiger partial charge in [-0.25, -0.2) is 4.79 Å². The lowest BCUT2D eigenvalue weighted by molar-refractivity contribution is 0.0734. The van der Waals surface area contributed by atoms with Crippen LogP contribution in [0, 0.1) is 11.3 Å². The molecule has 1 atom stereocenters. The first-order valence-corrected chi connectivity index (χ1v) is 10.8. The molecule has 1 unspecified atom stereocenters. The molecule has 7 nitrogen and oxygen atoms in total. The van der Waals surface area contributed by atoms with E-state index >= 15 is 0 Å². The number of carbonyl (C=O) groups is 1. The maximum Gasteiger partial charge on any atom is 0.343 e. The van der Waals surface area contributed by atoms with Crippen LogP contribution in [0.5, 0.6) is 23.0 Å². The number of para-hydroxylation sites is 1. The van der Waals surface area contributed by atoms with Crippen LogP contribution in [-0.2, 0) is 0 Å². The van der Waals surface area contributed by atoms with E-state index in [0.29, 0.717) is 40.7 Å². The molecule has 1 aliphatic rings. The summed E-state index contributed by atoms with van der Waals surface area (Å²) in [5.41, 5.74) is 8.33. The van der Waals surface area contributed by atoms with Gasteiger partial charge in [-0.1, -0.05) is 31.2 Å². The topological polar surface area (TPSA) is 104 Å². The smallest absolute Gasteiger partial charge is 0.343 e. The number of carbonyl (C=O) groups excluding carboxylic acids is 1. The number of fused-ring (bicyclic) bond motifs is 1. The second kappa shape index (κ2) is 10.0. The standard InChI is InChI=1S/C27H24N2O5/c1-3-14-32-23-7-5-4-6-20(23)25-21-13-12-19(15-24(21)34-26(29)22(25)16-28)33-27(30)17-8-10-18(31-2)11-9-17/h4-13,15,25H,3,14,29H2,1-2H3. The minimum absolute atomic E-state index is 0.00363. The predicted molar refractivity (Wildman–Crippen MR) is 126 cm³/mol. The number of methoxy groups -OCH3 is 1. The normalized spacial score (nSPS) is 14.4. The maximum atomic E-state index is 12.6. The molecule has 1 aliphatic heterocycles. The van der Waals surface area contributed by atoms with E-state index in [1.807, 2.05) is 31.2 Å². The Kier molecular flexibility index (Phi) is 6.69. The molecule has 0 amide bonds. The van der Waals surface area contributed by atoms with E-state index in [2.05, 4.69) is 6.07 Å². The molecule has 0 aliphatic carbocycles. The molecule has 3 aromatic carbocycles. The van der Waals surface area contributed by atoms with Crippen LogP contribution in [-0.4, -0.2) is 19.7 Å². The molecule has 1 heterocycles. The number of ether oxygens (including phenoxy) is 4. The Balaban J connectivity index is 1.68. The molecule has 34 heavy (non-hydrogen) atoms. The van der Waals surface area contributed by atoms with Crippen molar-refractivity contribution in [3.05, 3.63) is 94.9 Å². The average molecular weight is 456 g/mol. The lowest BCUT2D eigenvalue weighted by Crippen LogP contribution is -2.21. The summed E-state index contributed by atoms with van der Waals surface area (Å²) in [5.74, 6) is 1.03. The van der Waals surface area contributed by atoms with Crippen LogP contribution in [0.1, 0.15) is 40.7 Å². The Bertz CT molecular complexity index is 1270. The highest BCUT2D eigenvalue weighted by molar-refractivity contribution is 5.91. The van der Waals surface area contributed by atoms with Crippen LogP contribution in [0.2, 0.25) is 0 Å². The van der Waals surface area contributed by atoms with Crippen molar-refractivity contribution < 1.29 is 23.7 Å². The molecule has 2 N–H and O–H groups in total. The highest BCUT2D eigenvalue weighted by Crippen LogP contribution is 2.45. The Morgan fingerprint density at radius 3 is 2.50 bits per heavy atom. The number of benzene rings is 3. The minimum Gasteiger partial charge on any atom is -0.497 e. The van der Waals surface area contributed by atoms with Crippen molar-refractivity contribution in [3.8, 4) is 29.1 Å². The van der Waals surface area contributed by atoms with Crippen molar-refractivity contribution in [2.45, 2.75) is 19.3 Å². The molecule has 7 heteroatoms. The zero-order chi connectivity index (χ0) is 24.1. The highest BCUT2D eigenvalue weighted by atomic mass is 16.5. The maximum absolute atomic E-state index is 12.6. The average Bonchev–Trinajstić information content (AvgIpc) is 2.86. The fraction of sp³-hybridized carbons (Fsp3) is 0.185. The molecular formula is C27H24N2O5. The van der Waals surface area contributed by atoms with Crippen LogP contribution in [0.3, 0.4) is 0 Å². The number of allylic oxidation sites excluding steroid dienone is 1. The quantitative estimate of drug-likeness (QED) is 0.397. The largest absolute Gasteiger partial charge is 0.497 e. The lowest BCUT2D eigenvalue weighted by Gasteiger charge is -2.28. The van der Waals surface area contributed by atoms with Gasteiger partial charge in [-0.15, -0.1) is 0 Å². The number of rotatable bonds is 7. The van der Waals surface area contributed by atoms with Crippen molar-refractivity contribution in [1.82, 2.24) is 0 Å². The number of esters is 1. The van der Waals surface area contributed by atoms with E-state index in [1.165, 1.54) is 0 Å². The third kappa shape index (κ3) is 4.52. The van der Waals surface area contributed by atoms with E-state index in [1.54, 1.807) is 49.6 Å². The van der Waals surface area contributed by atoms with Crippen molar-refractivity contribution in [2.75, 3.05) is 13.7 Å². The van der Waals surface area contributed by atoms with Crippen molar-refractivity contribution >= 4 is 5.97 Å². The molecule has 0 saturated carbocycles. The van der Waals surface area contributed by atoms with E-state index < -0.39 is 11.9 Å². The summed E-state index contributed by atoms with van der Waals surface area (Å²) in [6.07, 6.45) is 0.852. The van der Waals surface area contributed by atoms with Gasteiger partial charge < -0.3 is 24.7 Å². The fourth-order valence-electron chi connectivity index (χ4n) is 3.77. The first-order valence-electron chi connectivity index (χ1n) is 10.8. The van der Waals surface area contributed by atoms with Crippen LogP contribution >= 0.6 is 0 Å². The summed E-state index contributed by atoms with van der Waals surface area (Å²) < 4.78 is 22.3. The molecular weight excluding hydrogens is 432 g/mol. The van der Waals surface area contributed by atoms with Gasteiger partial charge >= 0.3 is 5.97 Å². The van der Waals surface area contributed by atoms with Crippen LogP contribution in [0.25, 0.3) is 0 Å². The monoisotopic (exact) mass is 456 g/mol. The van der Waals surface area contributed by atoms with Gasteiger partial charge in [-0.2, -0.15) is 5.26 Å². The third-order valence-corrected chi connectivity index (χ3v) is 5.42. The van der Waals surface area contributed by atoms with Gasteiger partial charge in [0.2, 0.25) is 5.88 Å². The van der Waals surface area contributed by atoms with Crippen molar-refractivity contribution in [1.29, 1.82) is 5.26 Å². The van der Waals surface area contributed by atoms with Gasteiger partial charge in [-0.05, 0) is 42.8 Å². The zero-order valence-electron chi connectivity index (χ0n) is 18.9. The van der Waals surface area contributed by atoms with Gasteiger partial charge in [0.1, 0.15) is 34.6 Å². The molecule has 0 aromatic heterocycles. The van der Waals surface area contributed by atoms with Gasteiger partial charge in [0.25, 0.3) is 0 Å². The molecule has 0 bridgehead atoms. The van der Waals surface area contributed by atoms with Crippen LogP contribution in [0.15, 0.2) is 78.2 Å². The molecule has 0 radical (unpaired) electrons. The molecule has 0 saturated heterocycles. The highest BCUT2D eigenvalue weighted by Gasteiger charge is 2.33. The van der Waals surface area contributed by atoms with Crippen LogP contribution in [0.4, 0.5) is 0 Å². The molecule has 0 fully saturated rings. The Morgan fingerprint density at radius 1 is 1.06 bits per heavy atom. The lowest BCUT2D eigenvalue weighted by atomic mass is 9.83. The van der Waals surface area contributed by atoms with Gasteiger partial charge in [-0.3, -0.25) is 0 Å². The van der Waals surface area contributed by atoms with E-state index in [-0.39, 0.29) is 5.88 Å². The predicted octanol–water partition coefficient (Wildman–Crippen LogP) is 4.92. The van der Waals surface area contributed by atoms with Gasteiger partial charge in [0, 0.05) is 17.2 Å². The Morgan fingerprint density at radius 2 is 1.79 bits per heavy atom. The van der Waals surface area contributed by atoms with Crippen LogP contribution < -0.4 is 24.7 Å². The number of hydrogen-bond acceptors (Lipinski definition) is 7.